The van der Waals surface area contributed by atoms with E-state index in [4.69, 9.17) is 0 Å². The monoisotopic (exact) mass is 372 g/mol. The molecule has 0 aromatic carbocycles. The molecule has 1 atom stereocenters. The molecular formula is C19H28N6O2. The normalized spacial score (nSPS) is 17.6. The Kier molecular flexibility index (Phi) is 5.76. The molecule has 0 aliphatic carbocycles. The van der Waals surface area contributed by atoms with E-state index in [1.165, 1.54) is 0 Å². The lowest BCUT2D eigenvalue weighted by molar-refractivity contribution is 0.219. The Balaban J connectivity index is 1.61. The van der Waals surface area contributed by atoms with E-state index >= 15 is 0 Å². The molecule has 0 saturated carbocycles. The predicted octanol–water partition coefficient (Wildman–Crippen LogP) is 0.951. The van der Waals surface area contributed by atoms with Crippen molar-refractivity contribution in [1.29, 1.82) is 0 Å². The summed E-state index contributed by atoms with van der Waals surface area (Å²) in [5, 5.41) is 10.0. The molecule has 1 saturated heterocycles. The number of anilines is 1. The number of likely N-dealkylation sites (tertiary alicyclic amines) is 1. The largest absolute Gasteiger partial charge is 0.506 e. The van der Waals surface area contributed by atoms with Gasteiger partial charge in [0.15, 0.2) is 0 Å². The highest BCUT2D eigenvalue weighted by Crippen LogP contribution is 2.22. The van der Waals surface area contributed by atoms with Gasteiger partial charge in [-0.2, -0.15) is 0 Å². The Morgan fingerprint density at radius 1 is 1.30 bits per heavy atom. The third-order valence-electron chi connectivity index (χ3n) is 4.95. The molecule has 0 unspecified atom stereocenters. The number of H-pyrrole nitrogens is 1. The van der Waals surface area contributed by atoms with E-state index in [1.807, 2.05) is 27.1 Å². The van der Waals surface area contributed by atoms with Gasteiger partial charge in [0.1, 0.15) is 5.75 Å². The van der Waals surface area contributed by atoms with E-state index < -0.39 is 0 Å². The van der Waals surface area contributed by atoms with Gasteiger partial charge >= 0.3 is 0 Å². The van der Waals surface area contributed by atoms with Crippen molar-refractivity contribution < 1.29 is 5.11 Å². The highest BCUT2D eigenvalue weighted by atomic mass is 16.3. The second-order valence-corrected chi connectivity index (χ2v) is 7.47. The zero-order valence-corrected chi connectivity index (χ0v) is 16.4. The average Bonchev–Trinajstić information content (AvgIpc) is 3.06. The van der Waals surface area contributed by atoms with Crippen molar-refractivity contribution in [3.8, 4) is 5.75 Å². The first kappa shape index (κ1) is 19.3. The molecule has 8 nitrogen and oxygen atoms in total. The summed E-state index contributed by atoms with van der Waals surface area (Å²) in [6, 6.07) is 5.46. The number of aromatic nitrogens is 3. The molecule has 1 aliphatic heterocycles. The average molecular weight is 372 g/mol. The van der Waals surface area contributed by atoms with Crippen molar-refractivity contribution in [3.63, 3.8) is 0 Å². The van der Waals surface area contributed by atoms with E-state index in [0.29, 0.717) is 25.1 Å². The molecule has 0 spiro atoms. The lowest BCUT2D eigenvalue weighted by Crippen LogP contribution is -2.34. The third-order valence-corrected chi connectivity index (χ3v) is 4.95. The van der Waals surface area contributed by atoms with Gasteiger partial charge in [-0.15, -0.1) is 0 Å². The van der Waals surface area contributed by atoms with Crippen LogP contribution in [-0.4, -0.2) is 70.1 Å². The second kappa shape index (κ2) is 8.06. The Hall–Kier alpha value is -2.45. The summed E-state index contributed by atoms with van der Waals surface area (Å²) in [6.07, 6.45) is 1.03. The van der Waals surface area contributed by atoms with Gasteiger partial charge in [0.05, 0.1) is 11.4 Å². The van der Waals surface area contributed by atoms with Gasteiger partial charge in [-0.25, -0.2) is 4.98 Å². The fourth-order valence-electron chi connectivity index (χ4n) is 3.42. The number of nitrogens with one attached hydrogen (secondary N) is 1. The van der Waals surface area contributed by atoms with Crippen LogP contribution in [0.5, 0.6) is 5.75 Å². The van der Waals surface area contributed by atoms with Gasteiger partial charge in [0.25, 0.3) is 5.56 Å². The number of hydrogen-bond donors (Lipinski definition) is 2. The number of aryl methyl sites for hydroxylation is 1. The summed E-state index contributed by atoms with van der Waals surface area (Å²) in [6.45, 7) is 5.05. The summed E-state index contributed by atoms with van der Waals surface area (Å²) < 4.78 is 0. The molecule has 0 amide bonds. The van der Waals surface area contributed by atoms with E-state index in [2.05, 4.69) is 31.8 Å². The first-order valence-electron chi connectivity index (χ1n) is 9.17. The summed E-state index contributed by atoms with van der Waals surface area (Å²) in [7, 11) is 5.78. The highest BCUT2D eigenvalue weighted by molar-refractivity contribution is 5.28. The van der Waals surface area contributed by atoms with Crippen molar-refractivity contribution in [1.82, 2.24) is 24.8 Å². The van der Waals surface area contributed by atoms with Crippen molar-refractivity contribution in [2.75, 3.05) is 39.1 Å². The minimum absolute atomic E-state index is 0.133. The third kappa shape index (κ3) is 4.84. The summed E-state index contributed by atoms with van der Waals surface area (Å²) in [5.41, 5.74) is 2.27. The van der Waals surface area contributed by atoms with Gasteiger partial charge in [0.2, 0.25) is 5.95 Å². The van der Waals surface area contributed by atoms with Crippen molar-refractivity contribution >= 4 is 5.95 Å². The fourth-order valence-corrected chi connectivity index (χ4v) is 3.42. The highest BCUT2D eigenvalue weighted by Gasteiger charge is 2.27. The van der Waals surface area contributed by atoms with Crippen LogP contribution in [0.3, 0.4) is 0 Å². The minimum Gasteiger partial charge on any atom is -0.506 e. The standard InChI is InChI=1S/C19H28N6O2/c1-13-5-6-17(26)16(20-13)12-25-8-7-15(11-25)24(4)10-14-9-18(27)22-19(21-14)23(2)3/h5-6,9,15,26H,7-8,10-12H2,1-4H3,(H,21,22,27)/t15-/m1/s1. The van der Waals surface area contributed by atoms with Crippen LogP contribution >= 0.6 is 0 Å². The van der Waals surface area contributed by atoms with Crippen LogP contribution in [0.25, 0.3) is 0 Å². The van der Waals surface area contributed by atoms with Crippen molar-refractivity contribution in [2.24, 2.45) is 0 Å². The molecule has 146 valence electrons. The van der Waals surface area contributed by atoms with E-state index in [0.717, 1.165) is 36.6 Å². The Bertz CT molecular complexity index is 850. The molecule has 2 N–H and O–H groups in total. The first-order valence-corrected chi connectivity index (χ1v) is 9.17. The van der Waals surface area contributed by atoms with E-state index in [9.17, 15) is 9.90 Å². The number of aromatic hydroxyl groups is 1. The molecule has 8 heteroatoms. The molecule has 2 aromatic heterocycles. The van der Waals surface area contributed by atoms with Gasteiger partial charge in [-0.1, -0.05) is 0 Å². The molecule has 0 bridgehead atoms. The topological polar surface area (TPSA) is 88.6 Å². The molecular weight excluding hydrogens is 344 g/mol. The smallest absolute Gasteiger partial charge is 0.252 e. The number of nitrogens with zero attached hydrogens (tertiary/aromatic N) is 5. The van der Waals surface area contributed by atoms with Crippen LogP contribution in [0.2, 0.25) is 0 Å². The van der Waals surface area contributed by atoms with Crippen LogP contribution in [0.15, 0.2) is 23.0 Å². The van der Waals surface area contributed by atoms with Gasteiger partial charge < -0.3 is 10.0 Å². The Morgan fingerprint density at radius 3 is 2.81 bits per heavy atom. The number of rotatable bonds is 6. The van der Waals surface area contributed by atoms with Gasteiger partial charge in [-0.05, 0) is 32.5 Å². The summed E-state index contributed by atoms with van der Waals surface area (Å²) >= 11 is 0. The summed E-state index contributed by atoms with van der Waals surface area (Å²) in [4.78, 5) is 29.9. The Labute approximate surface area is 159 Å². The molecule has 0 radical (unpaired) electrons. The number of aromatic amines is 1. The molecule has 1 aliphatic rings. The first-order chi connectivity index (χ1) is 12.8. The van der Waals surface area contributed by atoms with Crippen LogP contribution < -0.4 is 10.5 Å². The summed E-state index contributed by atoms with van der Waals surface area (Å²) in [5.74, 6) is 0.821. The van der Waals surface area contributed by atoms with Gasteiger partial charge in [0, 0.05) is 58.1 Å². The maximum atomic E-state index is 11.9. The lowest BCUT2D eigenvalue weighted by atomic mass is 10.2. The molecule has 3 heterocycles. The number of likely N-dealkylation sites (N-methyl/N-ethyl adjacent to an activating group) is 1. The van der Waals surface area contributed by atoms with Crippen LogP contribution in [0.4, 0.5) is 5.95 Å². The van der Waals surface area contributed by atoms with E-state index in [-0.39, 0.29) is 11.3 Å². The second-order valence-electron chi connectivity index (χ2n) is 7.47. The molecule has 3 rings (SSSR count). The minimum atomic E-state index is -0.133. The van der Waals surface area contributed by atoms with Crippen molar-refractivity contribution in [3.05, 3.63) is 45.6 Å². The number of hydrogen-bond acceptors (Lipinski definition) is 7. The predicted molar refractivity (Wildman–Crippen MR) is 105 cm³/mol. The maximum Gasteiger partial charge on any atom is 0.252 e. The van der Waals surface area contributed by atoms with E-state index in [1.54, 1.807) is 17.0 Å². The quantitative estimate of drug-likeness (QED) is 0.780. The molecule has 1 fully saturated rings. The van der Waals surface area contributed by atoms with Crippen LogP contribution in [-0.2, 0) is 13.1 Å². The molecule has 27 heavy (non-hydrogen) atoms. The van der Waals surface area contributed by atoms with Gasteiger partial charge in [-0.3, -0.25) is 24.6 Å². The zero-order valence-electron chi connectivity index (χ0n) is 16.4. The fraction of sp³-hybridized carbons (Fsp3) is 0.526. The van der Waals surface area contributed by atoms with Crippen LogP contribution in [0.1, 0.15) is 23.5 Å². The molecule has 2 aromatic rings. The Morgan fingerprint density at radius 2 is 2.07 bits per heavy atom. The lowest BCUT2D eigenvalue weighted by Gasteiger charge is -2.24. The van der Waals surface area contributed by atoms with Crippen molar-refractivity contribution in [2.45, 2.75) is 32.5 Å². The number of pyridine rings is 1. The SMILES string of the molecule is Cc1ccc(O)c(CN2CC[C@@H](N(C)Cc3cc(=O)[nH]c(N(C)C)n3)C2)n1. The van der Waals surface area contributed by atoms with Crippen LogP contribution in [0, 0.1) is 6.92 Å². The zero-order chi connectivity index (χ0) is 19.6. The maximum absolute atomic E-state index is 11.9.